The standard InChI is InChI=1S/C8H11AsO/c1-6(10)7-4-2-3-5-8(7)9/h2-6,10H,9H2,1H3. The Kier molecular flexibility index (Phi) is 2.53. The van der Waals surface area contributed by atoms with Gasteiger partial charge in [0.25, 0.3) is 0 Å². The molecule has 1 N–H and O–H groups in total. The van der Waals surface area contributed by atoms with Gasteiger partial charge in [0.2, 0.25) is 0 Å². The predicted molar refractivity (Wildman–Crippen MR) is 45.3 cm³/mol. The van der Waals surface area contributed by atoms with Crippen molar-refractivity contribution in [1.82, 2.24) is 0 Å². The summed E-state index contributed by atoms with van der Waals surface area (Å²) in [6.07, 6.45) is -0.330. The SMILES string of the molecule is CC(O)c1ccccc1[AsH2]. The van der Waals surface area contributed by atoms with Crippen LogP contribution in [-0.4, -0.2) is 22.0 Å². The molecule has 0 spiro atoms. The molecule has 0 heterocycles. The fourth-order valence-electron chi connectivity index (χ4n) is 0.891. The Morgan fingerprint density at radius 1 is 1.40 bits per heavy atom. The fraction of sp³-hybridized carbons (Fsp3) is 0.250. The van der Waals surface area contributed by atoms with E-state index in [1.807, 2.05) is 24.3 Å². The van der Waals surface area contributed by atoms with E-state index in [-0.39, 0.29) is 6.10 Å². The van der Waals surface area contributed by atoms with E-state index in [0.29, 0.717) is 0 Å². The molecule has 2 heteroatoms. The molecular formula is C8H11AsO. The summed E-state index contributed by atoms with van der Waals surface area (Å²) in [6.45, 7) is 1.79. The van der Waals surface area contributed by atoms with Crippen molar-refractivity contribution in [3.8, 4) is 0 Å². The Morgan fingerprint density at radius 3 is 2.40 bits per heavy atom. The molecule has 0 aromatic heterocycles. The fourth-order valence-corrected chi connectivity index (χ4v) is 1.83. The molecule has 54 valence electrons. The molecule has 0 amide bonds. The van der Waals surface area contributed by atoms with Crippen molar-refractivity contribution >= 4 is 21.2 Å². The van der Waals surface area contributed by atoms with E-state index in [9.17, 15) is 5.11 Å². The molecule has 1 aromatic rings. The van der Waals surface area contributed by atoms with Crippen molar-refractivity contribution in [3.05, 3.63) is 29.8 Å². The first kappa shape index (κ1) is 7.84. The molecule has 0 bridgehead atoms. The van der Waals surface area contributed by atoms with Gasteiger partial charge in [-0.3, -0.25) is 0 Å². The van der Waals surface area contributed by atoms with Crippen LogP contribution >= 0.6 is 0 Å². The maximum absolute atomic E-state index is 9.21. The van der Waals surface area contributed by atoms with Crippen molar-refractivity contribution in [1.29, 1.82) is 0 Å². The molecule has 10 heavy (non-hydrogen) atoms. The third-order valence-electron chi connectivity index (χ3n) is 1.45. The molecule has 0 saturated carbocycles. The van der Waals surface area contributed by atoms with Gasteiger partial charge in [-0.2, -0.15) is 0 Å². The van der Waals surface area contributed by atoms with Crippen molar-refractivity contribution in [3.63, 3.8) is 0 Å². The molecule has 0 radical (unpaired) electrons. The Balaban J connectivity index is 3.03. The van der Waals surface area contributed by atoms with Crippen LogP contribution < -0.4 is 4.35 Å². The van der Waals surface area contributed by atoms with E-state index in [2.05, 4.69) is 0 Å². The van der Waals surface area contributed by atoms with E-state index < -0.39 is 0 Å². The molecule has 1 aromatic carbocycles. The average Bonchev–Trinajstić information content (AvgIpc) is 1.88. The van der Waals surface area contributed by atoms with Gasteiger partial charge in [0.05, 0.1) is 0 Å². The normalized spacial score (nSPS) is 13.1. The van der Waals surface area contributed by atoms with E-state index >= 15 is 0 Å². The van der Waals surface area contributed by atoms with Gasteiger partial charge in [-0.05, 0) is 0 Å². The molecule has 0 saturated heterocycles. The van der Waals surface area contributed by atoms with Gasteiger partial charge in [0, 0.05) is 0 Å². The topological polar surface area (TPSA) is 20.2 Å². The summed E-state index contributed by atoms with van der Waals surface area (Å²) >= 11 is 1.56. The van der Waals surface area contributed by atoms with Crippen LogP contribution in [0.1, 0.15) is 18.6 Å². The summed E-state index contributed by atoms with van der Waals surface area (Å²) in [6, 6.07) is 7.93. The molecule has 0 aliphatic carbocycles. The van der Waals surface area contributed by atoms with Gasteiger partial charge < -0.3 is 0 Å². The average molecular weight is 198 g/mol. The Morgan fingerprint density at radius 2 is 2.00 bits per heavy atom. The van der Waals surface area contributed by atoms with Crippen LogP contribution in [0.5, 0.6) is 0 Å². The molecule has 1 nitrogen and oxygen atoms in total. The zero-order chi connectivity index (χ0) is 7.56. The predicted octanol–water partition coefficient (Wildman–Crippen LogP) is -0.00170. The molecule has 0 aliphatic heterocycles. The van der Waals surface area contributed by atoms with Gasteiger partial charge >= 0.3 is 69.2 Å². The number of aliphatic hydroxyl groups excluding tert-OH is 1. The maximum atomic E-state index is 9.21. The van der Waals surface area contributed by atoms with Crippen LogP contribution in [0.3, 0.4) is 0 Å². The second kappa shape index (κ2) is 3.22. The number of benzene rings is 1. The number of hydrogen-bond acceptors (Lipinski definition) is 1. The summed E-state index contributed by atoms with van der Waals surface area (Å²) < 4.78 is 1.21. The first-order valence-corrected chi connectivity index (χ1v) is 4.45. The zero-order valence-corrected chi connectivity index (χ0v) is 8.33. The second-order valence-corrected chi connectivity index (χ2v) is 3.61. The molecule has 0 aliphatic rings. The van der Waals surface area contributed by atoms with Gasteiger partial charge in [-0.25, -0.2) is 0 Å². The van der Waals surface area contributed by atoms with Gasteiger partial charge in [-0.15, -0.1) is 0 Å². The Labute approximate surface area is 69.6 Å². The van der Waals surface area contributed by atoms with Crippen molar-refractivity contribution in [2.24, 2.45) is 0 Å². The molecule has 2 atom stereocenters. The van der Waals surface area contributed by atoms with Crippen LogP contribution in [0, 0.1) is 0 Å². The number of hydrogen-bond donors (Lipinski definition) is 1. The first-order chi connectivity index (χ1) is 4.72. The monoisotopic (exact) mass is 198 g/mol. The van der Waals surface area contributed by atoms with Crippen molar-refractivity contribution < 1.29 is 5.11 Å². The van der Waals surface area contributed by atoms with Crippen LogP contribution in [-0.2, 0) is 0 Å². The summed E-state index contributed by atoms with van der Waals surface area (Å²) in [7, 11) is 0. The quantitative estimate of drug-likeness (QED) is 0.629. The number of rotatable bonds is 1. The van der Waals surface area contributed by atoms with Crippen molar-refractivity contribution in [2.45, 2.75) is 13.0 Å². The minimum absolute atomic E-state index is 0.330. The second-order valence-electron chi connectivity index (χ2n) is 2.30. The summed E-state index contributed by atoms with van der Waals surface area (Å²) in [4.78, 5) is 0. The van der Waals surface area contributed by atoms with Gasteiger partial charge in [0.1, 0.15) is 0 Å². The summed E-state index contributed by atoms with van der Waals surface area (Å²) in [5, 5.41) is 9.21. The minimum atomic E-state index is -0.330. The molecule has 2 unspecified atom stereocenters. The van der Waals surface area contributed by atoms with Crippen LogP contribution in [0.2, 0.25) is 0 Å². The molecule has 1 rings (SSSR count). The van der Waals surface area contributed by atoms with E-state index in [0.717, 1.165) is 5.56 Å². The van der Waals surface area contributed by atoms with E-state index in [1.54, 1.807) is 23.8 Å². The Hall–Kier alpha value is -0.262. The first-order valence-electron chi connectivity index (χ1n) is 3.24. The van der Waals surface area contributed by atoms with Crippen molar-refractivity contribution in [2.75, 3.05) is 0 Å². The third kappa shape index (κ3) is 1.62. The van der Waals surface area contributed by atoms with Crippen LogP contribution in [0.15, 0.2) is 24.3 Å². The molecular weight excluding hydrogens is 187 g/mol. The van der Waals surface area contributed by atoms with E-state index in [1.165, 1.54) is 4.35 Å². The van der Waals surface area contributed by atoms with Gasteiger partial charge in [-0.1, -0.05) is 0 Å². The van der Waals surface area contributed by atoms with Gasteiger partial charge in [0.15, 0.2) is 0 Å². The summed E-state index contributed by atoms with van der Waals surface area (Å²) in [5.41, 5.74) is 1.04. The summed E-state index contributed by atoms with van der Waals surface area (Å²) in [5.74, 6) is 0. The third-order valence-corrected chi connectivity index (χ3v) is 2.55. The zero-order valence-electron chi connectivity index (χ0n) is 5.91. The van der Waals surface area contributed by atoms with Crippen LogP contribution in [0.4, 0.5) is 0 Å². The van der Waals surface area contributed by atoms with E-state index in [4.69, 9.17) is 0 Å². The Bertz CT molecular complexity index is 220. The molecule has 0 fully saturated rings. The number of aliphatic hydroxyl groups is 1. The van der Waals surface area contributed by atoms with Crippen LogP contribution in [0.25, 0.3) is 0 Å².